The Labute approximate surface area is 118 Å². The van der Waals surface area contributed by atoms with Gasteiger partial charge in [0.25, 0.3) is 5.91 Å². The third-order valence-corrected chi connectivity index (χ3v) is 3.98. The fourth-order valence-electron chi connectivity index (χ4n) is 3.12. The van der Waals surface area contributed by atoms with Gasteiger partial charge in [-0.2, -0.15) is 0 Å². The minimum atomic E-state index is -0.0390. The first-order valence-corrected chi connectivity index (χ1v) is 7.11. The van der Waals surface area contributed by atoms with Gasteiger partial charge < -0.3 is 14.4 Å². The van der Waals surface area contributed by atoms with Gasteiger partial charge in [0.15, 0.2) is 0 Å². The number of carbonyl (C=O) groups is 1. The van der Waals surface area contributed by atoms with E-state index in [-0.39, 0.29) is 24.2 Å². The van der Waals surface area contributed by atoms with E-state index in [9.17, 15) is 4.79 Å². The van der Waals surface area contributed by atoms with Crippen molar-refractivity contribution in [2.24, 2.45) is 0 Å². The largest absolute Gasteiger partial charge is 0.376 e. The number of hydrogen-bond acceptors (Lipinski definition) is 5. The van der Waals surface area contributed by atoms with Gasteiger partial charge >= 0.3 is 0 Å². The molecule has 6 heteroatoms. The van der Waals surface area contributed by atoms with Gasteiger partial charge in [-0.05, 0) is 25.8 Å². The lowest BCUT2D eigenvalue weighted by atomic mass is 10.1. The third kappa shape index (κ3) is 2.41. The Morgan fingerprint density at radius 3 is 3.20 bits per heavy atom. The number of rotatable bonds is 3. The molecule has 1 amide bonds. The van der Waals surface area contributed by atoms with Crippen molar-refractivity contribution < 1.29 is 14.3 Å². The van der Waals surface area contributed by atoms with Crippen LogP contribution in [0.15, 0.2) is 18.6 Å². The zero-order valence-corrected chi connectivity index (χ0v) is 11.6. The van der Waals surface area contributed by atoms with Gasteiger partial charge in [0.2, 0.25) is 0 Å². The molecule has 1 aliphatic heterocycles. The minimum absolute atomic E-state index is 0.00510. The first kappa shape index (κ1) is 13.5. The molecule has 3 rings (SSSR count). The Balaban J connectivity index is 1.76. The first-order chi connectivity index (χ1) is 9.81. The highest BCUT2D eigenvalue weighted by Crippen LogP contribution is 2.32. The fourth-order valence-corrected chi connectivity index (χ4v) is 3.12. The smallest absolute Gasteiger partial charge is 0.272 e. The van der Waals surface area contributed by atoms with E-state index in [1.165, 1.54) is 6.33 Å². The lowest BCUT2D eigenvalue weighted by molar-refractivity contribution is -0.102. The third-order valence-electron chi connectivity index (χ3n) is 3.98. The maximum absolute atomic E-state index is 12.5. The molecule has 1 saturated carbocycles. The van der Waals surface area contributed by atoms with Crippen molar-refractivity contribution in [2.75, 3.05) is 19.8 Å². The molecule has 20 heavy (non-hydrogen) atoms. The predicted octanol–water partition coefficient (Wildman–Crippen LogP) is 0.885. The van der Waals surface area contributed by atoms with Crippen molar-refractivity contribution >= 4 is 5.91 Å². The molecule has 0 unspecified atom stereocenters. The highest BCUT2D eigenvalue weighted by Gasteiger charge is 2.45. The van der Waals surface area contributed by atoms with Crippen LogP contribution in [0.2, 0.25) is 0 Å². The summed E-state index contributed by atoms with van der Waals surface area (Å²) in [7, 11) is 0. The van der Waals surface area contributed by atoms with Crippen LogP contribution in [-0.2, 0) is 9.47 Å². The molecule has 108 valence electrons. The zero-order chi connectivity index (χ0) is 13.9. The van der Waals surface area contributed by atoms with E-state index in [0.29, 0.717) is 25.5 Å². The molecule has 1 aromatic rings. The molecule has 0 radical (unpaired) electrons. The molecule has 3 atom stereocenters. The lowest BCUT2D eigenvalue weighted by Gasteiger charge is -2.38. The Morgan fingerprint density at radius 2 is 2.45 bits per heavy atom. The second-order valence-electron chi connectivity index (χ2n) is 5.07. The fraction of sp³-hybridized carbons (Fsp3) is 0.643. The SMILES string of the molecule is CCO[C@@H]1CC[C@@H]2[C@@H]1OCCN2C(=O)c1ccncn1. The number of nitrogens with zero attached hydrogens (tertiary/aromatic N) is 3. The summed E-state index contributed by atoms with van der Waals surface area (Å²) in [5.41, 5.74) is 0.445. The van der Waals surface area contributed by atoms with Crippen LogP contribution >= 0.6 is 0 Å². The Hall–Kier alpha value is -1.53. The average Bonchev–Trinajstić information content (AvgIpc) is 2.91. The summed E-state index contributed by atoms with van der Waals surface area (Å²) in [4.78, 5) is 22.3. The van der Waals surface area contributed by atoms with E-state index < -0.39 is 0 Å². The number of aromatic nitrogens is 2. The summed E-state index contributed by atoms with van der Waals surface area (Å²) in [5, 5.41) is 0. The van der Waals surface area contributed by atoms with Crippen molar-refractivity contribution in [3.8, 4) is 0 Å². The minimum Gasteiger partial charge on any atom is -0.376 e. The highest BCUT2D eigenvalue weighted by molar-refractivity contribution is 5.92. The number of carbonyl (C=O) groups excluding carboxylic acids is 1. The molecule has 0 spiro atoms. The van der Waals surface area contributed by atoms with Crippen molar-refractivity contribution in [2.45, 2.75) is 38.0 Å². The molecular formula is C14H19N3O3. The summed E-state index contributed by atoms with van der Waals surface area (Å²) in [6, 6.07) is 1.75. The topological polar surface area (TPSA) is 64.6 Å². The number of amides is 1. The lowest BCUT2D eigenvalue weighted by Crippen LogP contribution is -2.54. The molecule has 1 aromatic heterocycles. The Morgan fingerprint density at radius 1 is 1.55 bits per heavy atom. The summed E-state index contributed by atoms with van der Waals surface area (Å²) in [5.74, 6) is -0.0390. The molecule has 0 bridgehead atoms. The normalized spacial score (nSPS) is 29.2. The van der Waals surface area contributed by atoms with Gasteiger partial charge in [0.05, 0.1) is 18.8 Å². The van der Waals surface area contributed by atoms with Crippen molar-refractivity contribution in [3.63, 3.8) is 0 Å². The second-order valence-corrected chi connectivity index (χ2v) is 5.07. The van der Waals surface area contributed by atoms with Crippen LogP contribution in [0.5, 0.6) is 0 Å². The monoisotopic (exact) mass is 277 g/mol. The Bertz CT molecular complexity index is 468. The van der Waals surface area contributed by atoms with E-state index >= 15 is 0 Å². The Kier molecular flexibility index (Phi) is 3.93. The van der Waals surface area contributed by atoms with Gasteiger partial charge in [-0.3, -0.25) is 4.79 Å². The van der Waals surface area contributed by atoms with Crippen LogP contribution in [0.3, 0.4) is 0 Å². The van der Waals surface area contributed by atoms with E-state index in [1.807, 2.05) is 11.8 Å². The van der Waals surface area contributed by atoms with Gasteiger partial charge in [0, 0.05) is 19.3 Å². The number of fused-ring (bicyclic) bond motifs is 1. The quantitative estimate of drug-likeness (QED) is 0.821. The number of morpholine rings is 1. The maximum Gasteiger partial charge on any atom is 0.272 e. The molecule has 2 heterocycles. The summed E-state index contributed by atoms with van der Waals surface area (Å²) < 4.78 is 11.5. The van der Waals surface area contributed by atoms with Gasteiger partial charge in [0.1, 0.15) is 18.1 Å². The van der Waals surface area contributed by atoms with Crippen LogP contribution < -0.4 is 0 Å². The van der Waals surface area contributed by atoms with E-state index in [0.717, 1.165) is 12.8 Å². The summed E-state index contributed by atoms with van der Waals surface area (Å²) in [6.45, 7) is 3.83. The second kappa shape index (κ2) is 5.85. The molecule has 0 N–H and O–H groups in total. The summed E-state index contributed by atoms with van der Waals surface area (Å²) >= 11 is 0. The van der Waals surface area contributed by atoms with Crippen LogP contribution in [0.1, 0.15) is 30.3 Å². The van der Waals surface area contributed by atoms with Crippen LogP contribution in [0, 0.1) is 0 Å². The van der Waals surface area contributed by atoms with Crippen molar-refractivity contribution in [1.29, 1.82) is 0 Å². The highest BCUT2D eigenvalue weighted by atomic mass is 16.5. The van der Waals surface area contributed by atoms with Gasteiger partial charge in [-0.25, -0.2) is 9.97 Å². The summed E-state index contributed by atoms with van der Waals surface area (Å²) in [6.07, 6.45) is 4.96. The van der Waals surface area contributed by atoms with Crippen molar-refractivity contribution in [3.05, 3.63) is 24.3 Å². The molecule has 6 nitrogen and oxygen atoms in total. The van der Waals surface area contributed by atoms with E-state index in [4.69, 9.17) is 9.47 Å². The molecule has 2 aliphatic rings. The van der Waals surface area contributed by atoms with Crippen LogP contribution in [0.25, 0.3) is 0 Å². The van der Waals surface area contributed by atoms with E-state index in [1.54, 1.807) is 12.3 Å². The molecular weight excluding hydrogens is 258 g/mol. The number of ether oxygens (including phenoxy) is 2. The molecule has 2 fully saturated rings. The van der Waals surface area contributed by atoms with Crippen LogP contribution in [-0.4, -0.2) is 58.8 Å². The number of hydrogen-bond donors (Lipinski definition) is 0. The first-order valence-electron chi connectivity index (χ1n) is 7.11. The molecule has 0 aromatic carbocycles. The van der Waals surface area contributed by atoms with Crippen LogP contribution in [0.4, 0.5) is 0 Å². The van der Waals surface area contributed by atoms with E-state index in [2.05, 4.69) is 9.97 Å². The van der Waals surface area contributed by atoms with Crippen molar-refractivity contribution in [1.82, 2.24) is 14.9 Å². The maximum atomic E-state index is 12.5. The van der Waals surface area contributed by atoms with Gasteiger partial charge in [-0.15, -0.1) is 0 Å². The molecule has 1 aliphatic carbocycles. The molecule has 1 saturated heterocycles. The average molecular weight is 277 g/mol. The van der Waals surface area contributed by atoms with Gasteiger partial charge in [-0.1, -0.05) is 0 Å². The standard InChI is InChI=1S/C14H19N3O3/c1-2-19-12-4-3-11-13(12)20-8-7-17(11)14(18)10-5-6-15-9-16-10/h5-6,9,11-13H,2-4,7-8H2,1H3/t11-,12-,13+/m1/s1. The predicted molar refractivity (Wildman–Crippen MR) is 71.2 cm³/mol. The zero-order valence-electron chi connectivity index (χ0n) is 11.6.